The fraction of sp³-hybridized carbons (Fsp3) is 0.739. The Morgan fingerprint density at radius 1 is 1.12 bits per heavy atom. The molecule has 2 aliphatic rings. The van der Waals surface area contributed by atoms with E-state index in [2.05, 4.69) is 10.6 Å². The number of halogens is 1. The molecule has 4 N–H and O–H groups in total. The number of likely N-dealkylation sites (tertiary alicyclic amines) is 1. The molecule has 0 aromatic heterocycles. The molecule has 0 bridgehead atoms. The van der Waals surface area contributed by atoms with Crippen molar-refractivity contribution in [2.75, 3.05) is 19.6 Å². The number of carbonyl (C=O) groups is 2. The van der Waals surface area contributed by atoms with Crippen LogP contribution in [0.1, 0.15) is 73.1 Å². The van der Waals surface area contributed by atoms with Gasteiger partial charge in [-0.1, -0.05) is 38.3 Å². The van der Waals surface area contributed by atoms with Gasteiger partial charge in [0, 0.05) is 31.8 Å². The minimum atomic E-state index is -0.541. The molecular formula is C23H40ClN5O3. The van der Waals surface area contributed by atoms with Gasteiger partial charge in [-0.2, -0.15) is 0 Å². The van der Waals surface area contributed by atoms with Gasteiger partial charge in [-0.05, 0) is 52.4 Å². The van der Waals surface area contributed by atoms with Gasteiger partial charge >= 0.3 is 6.09 Å². The average molecular weight is 470 g/mol. The Labute approximate surface area is 197 Å². The summed E-state index contributed by atoms with van der Waals surface area (Å²) in [5.74, 6) is -0.317. The molecule has 9 heteroatoms. The predicted molar refractivity (Wildman–Crippen MR) is 130 cm³/mol. The lowest BCUT2D eigenvalue weighted by Gasteiger charge is -2.34. The number of hydrogen-bond acceptors (Lipinski definition) is 6. The number of amides is 2. The zero-order valence-electron chi connectivity index (χ0n) is 20.1. The topological polar surface area (TPSA) is 118 Å². The molecule has 32 heavy (non-hydrogen) atoms. The molecular weight excluding hydrogens is 430 g/mol. The minimum Gasteiger partial charge on any atom is -0.444 e. The maximum atomic E-state index is 12.4. The smallest absolute Gasteiger partial charge is 0.410 e. The standard InChI is InChI=1S/C21H34ClN5O3.C2H6/c1-21(2,3)30-20(29)27-10-6-7-14(13-27)12-25-16(11-17(22)23)18(24)19(28)26-15-8-4-5-9-15;1-2/h11,14-15,23-25H,4-10,12-13H2,1-3H3,(H,26,28);1-2H3/b16-11+,23-17?,24-18?;. The summed E-state index contributed by atoms with van der Waals surface area (Å²) < 4.78 is 5.46. The summed E-state index contributed by atoms with van der Waals surface area (Å²) in [6.07, 6.45) is 6.76. The van der Waals surface area contributed by atoms with Gasteiger partial charge in [0.2, 0.25) is 0 Å². The van der Waals surface area contributed by atoms with Gasteiger partial charge in [-0.15, -0.1) is 0 Å². The first kappa shape index (κ1) is 27.9. The molecule has 0 aromatic rings. The van der Waals surface area contributed by atoms with Crippen molar-refractivity contribution < 1.29 is 14.3 Å². The van der Waals surface area contributed by atoms with Crippen molar-refractivity contribution in [2.45, 2.75) is 84.8 Å². The lowest BCUT2D eigenvalue weighted by molar-refractivity contribution is -0.115. The molecule has 1 atom stereocenters. The number of hydrogen-bond donors (Lipinski definition) is 4. The fourth-order valence-electron chi connectivity index (χ4n) is 3.77. The first-order chi connectivity index (χ1) is 15.0. The first-order valence-corrected chi connectivity index (χ1v) is 12.0. The molecule has 2 fully saturated rings. The van der Waals surface area contributed by atoms with Gasteiger partial charge in [0.1, 0.15) is 16.5 Å². The van der Waals surface area contributed by atoms with E-state index in [1.807, 2.05) is 34.6 Å². The molecule has 1 aliphatic heterocycles. The number of allylic oxidation sites excluding steroid dienone is 1. The molecule has 1 unspecified atom stereocenters. The number of nitrogens with zero attached hydrogens (tertiary/aromatic N) is 1. The zero-order chi connectivity index (χ0) is 24.3. The summed E-state index contributed by atoms with van der Waals surface area (Å²) in [6.45, 7) is 11.2. The molecule has 8 nitrogen and oxygen atoms in total. The number of carbonyl (C=O) groups excluding carboxylic acids is 2. The summed E-state index contributed by atoms with van der Waals surface area (Å²) in [6, 6.07) is 0.107. The minimum absolute atomic E-state index is 0.107. The highest BCUT2D eigenvalue weighted by Crippen LogP contribution is 2.20. The van der Waals surface area contributed by atoms with Gasteiger partial charge in [-0.25, -0.2) is 4.79 Å². The Kier molecular flexibility index (Phi) is 11.8. The van der Waals surface area contributed by atoms with E-state index in [1.54, 1.807) is 4.90 Å². The second-order valence-corrected chi connectivity index (χ2v) is 9.46. The van der Waals surface area contributed by atoms with Crippen LogP contribution < -0.4 is 10.6 Å². The van der Waals surface area contributed by atoms with Crippen molar-refractivity contribution in [3.8, 4) is 0 Å². The zero-order valence-corrected chi connectivity index (χ0v) is 20.9. The molecule has 1 heterocycles. The summed E-state index contributed by atoms with van der Waals surface area (Å²) in [5.41, 5.74) is -0.548. The van der Waals surface area contributed by atoms with Crippen molar-refractivity contribution in [1.29, 1.82) is 10.8 Å². The SMILES string of the molecule is CC.CC(C)(C)OC(=O)N1CCCC(CN/C(=C/C(=N)Cl)C(=N)C(=O)NC2CCCC2)C1. The summed E-state index contributed by atoms with van der Waals surface area (Å²) in [5, 5.41) is 21.5. The largest absolute Gasteiger partial charge is 0.444 e. The molecule has 0 spiro atoms. The second-order valence-electron chi connectivity index (χ2n) is 9.05. The van der Waals surface area contributed by atoms with Crippen LogP contribution in [0.5, 0.6) is 0 Å². The van der Waals surface area contributed by atoms with E-state index in [1.165, 1.54) is 6.08 Å². The average Bonchev–Trinajstić information content (AvgIpc) is 3.23. The highest BCUT2D eigenvalue weighted by atomic mass is 35.5. The van der Waals surface area contributed by atoms with E-state index >= 15 is 0 Å². The molecule has 1 aliphatic carbocycles. The Morgan fingerprint density at radius 3 is 2.31 bits per heavy atom. The van der Waals surface area contributed by atoms with Gasteiger partial charge in [-0.3, -0.25) is 15.6 Å². The van der Waals surface area contributed by atoms with Crippen LogP contribution in [-0.2, 0) is 9.53 Å². The van der Waals surface area contributed by atoms with Crippen LogP contribution in [0.3, 0.4) is 0 Å². The maximum Gasteiger partial charge on any atom is 0.410 e. The molecule has 0 aromatic carbocycles. The van der Waals surface area contributed by atoms with E-state index in [9.17, 15) is 9.59 Å². The third kappa shape index (κ3) is 10.0. The molecule has 1 saturated carbocycles. The molecule has 1 saturated heterocycles. The lowest BCUT2D eigenvalue weighted by Crippen LogP contribution is -2.46. The highest BCUT2D eigenvalue weighted by Gasteiger charge is 2.28. The van der Waals surface area contributed by atoms with Crippen LogP contribution in [0.2, 0.25) is 0 Å². The van der Waals surface area contributed by atoms with Gasteiger partial charge < -0.3 is 20.3 Å². The quantitative estimate of drug-likeness (QED) is 0.412. The number of rotatable bonds is 7. The van der Waals surface area contributed by atoms with E-state index in [4.69, 9.17) is 27.2 Å². The Hall–Kier alpha value is -2.09. The predicted octanol–water partition coefficient (Wildman–Crippen LogP) is 4.43. The fourth-order valence-corrected chi connectivity index (χ4v) is 3.88. The van der Waals surface area contributed by atoms with Crippen LogP contribution in [0.15, 0.2) is 11.8 Å². The number of ether oxygens (including phenoxy) is 1. The maximum absolute atomic E-state index is 12.4. The molecule has 182 valence electrons. The van der Waals surface area contributed by atoms with Crippen LogP contribution in [0, 0.1) is 16.7 Å². The molecule has 2 rings (SSSR count). The monoisotopic (exact) mass is 469 g/mol. The van der Waals surface area contributed by atoms with Gasteiger partial charge in [0.25, 0.3) is 5.91 Å². The first-order valence-electron chi connectivity index (χ1n) is 11.6. The van der Waals surface area contributed by atoms with Gasteiger partial charge in [0.15, 0.2) is 0 Å². The third-order valence-electron chi connectivity index (χ3n) is 5.21. The van der Waals surface area contributed by atoms with Crippen molar-refractivity contribution in [1.82, 2.24) is 15.5 Å². The van der Waals surface area contributed by atoms with E-state index < -0.39 is 11.5 Å². The van der Waals surface area contributed by atoms with Gasteiger partial charge in [0.05, 0.1) is 5.70 Å². The normalized spacial score (nSPS) is 19.5. The van der Waals surface area contributed by atoms with Crippen LogP contribution in [0.25, 0.3) is 0 Å². The number of nitrogens with one attached hydrogen (secondary N) is 4. The molecule has 0 radical (unpaired) electrons. The lowest BCUT2D eigenvalue weighted by atomic mass is 9.98. The van der Waals surface area contributed by atoms with Crippen LogP contribution >= 0.6 is 11.6 Å². The summed E-state index contributed by atoms with van der Waals surface area (Å²) >= 11 is 5.71. The van der Waals surface area contributed by atoms with E-state index in [0.29, 0.717) is 19.6 Å². The molecule has 2 amide bonds. The summed E-state index contributed by atoms with van der Waals surface area (Å²) in [4.78, 5) is 26.5. The number of piperidine rings is 1. The Morgan fingerprint density at radius 2 is 1.75 bits per heavy atom. The highest BCUT2D eigenvalue weighted by molar-refractivity contribution is 6.68. The Balaban J connectivity index is 0.00000249. The Bertz CT molecular complexity index is 696. The third-order valence-corrected chi connectivity index (χ3v) is 5.32. The van der Waals surface area contributed by atoms with Crippen molar-refractivity contribution in [2.24, 2.45) is 5.92 Å². The summed E-state index contributed by atoms with van der Waals surface area (Å²) in [7, 11) is 0. The van der Waals surface area contributed by atoms with Crippen molar-refractivity contribution >= 4 is 34.5 Å². The van der Waals surface area contributed by atoms with E-state index in [-0.39, 0.29) is 34.6 Å². The van der Waals surface area contributed by atoms with Crippen molar-refractivity contribution in [3.05, 3.63) is 11.8 Å². The second kappa shape index (κ2) is 13.5. The van der Waals surface area contributed by atoms with E-state index in [0.717, 1.165) is 38.5 Å². The van der Waals surface area contributed by atoms with Crippen LogP contribution in [0.4, 0.5) is 4.79 Å². The van der Waals surface area contributed by atoms with Crippen LogP contribution in [-0.4, -0.2) is 59.1 Å². The van der Waals surface area contributed by atoms with Crippen molar-refractivity contribution in [3.63, 3.8) is 0 Å².